The fourth-order valence-electron chi connectivity index (χ4n) is 6.84. The molecule has 1 aliphatic carbocycles. The minimum Gasteiger partial charge on any atom is -0.481 e. The number of nitrogens with two attached hydrogens (primary N) is 1. The molecule has 2 aromatic rings. The lowest BCUT2D eigenvalue weighted by Crippen LogP contribution is -2.63. The molecule has 10 nitrogen and oxygen atoms in total. The van der Waals surface area contributed by atoms with Crippen molar-refractivity contribution >= 4 is 28.1 Å². The highest BCUT2D eigenvalue weighted by Gasteiger charge is 2.79. The number of ether oxygens (including phenoxy) is 1. The van der Waals surface area contributed by atoms with Gasteiger partial charge in [0.15, 0.2) is 0 Å². The molecular weight excluding hydrogens is 570 g/mol. The Morgan fingerprint density at radius 1 is 1.24 bits per heavy atom. The lowest BCUT2D eigenvalue weighted by molar-refractivity contribution is -0.147. The van der Waals surface area contributed by atoms with Gasteiger partial charge in [0, 0.05) is 48.2 Å². The standard InChI is InChI=1S/C29H36F2N4O6S/c1-17-20(12-11-19-10-9-18(15-34-19)21-8-7-13-33-24(21)41-6)23-27(5,26(2,3)4)35(25(37)38)42(39,40)28(23,14-22(32)36)16-29(17,30)31/h7-13,15,17,20,23H,14,16H2,1-6H3,(H2,32,36)(H,37,38)/b12-11+/t17-,20-,23+,27+,28+/m0/s1. The van der Waals surface area contributed by atoms with Gasteiger partial charge in [-0.1, -0.05) is 39.8 Å². The summed E-state index contributed by atoms with van der Waals surface area (Å²) in [5.74, 6) is -8.07. The Kier molecular flexibility index (Phi) is 7.67. The first-order valence-corrected chi connectivity index (χ1v) is 14.9. The number of primary amides is 1. The number of amides is 2. The van der Waals surface area contributed by atoms with Gasteiger partial charge in [0.1, 0.15) is 4.75 Å². The number of sulfonamides is 1. The van der Waals surface area contributed by atoms with Crippen LogP contribution >= 0.6 is 0 Å². The van der Waals surface area contributed by atoms with Crippen LogP contribution in [-0.2, 0) is 14.8 Å². The van der Waals surface area contributed by atoms with Crippen LogP contribution in [0.3, 0.4) is 0 Å². The summed E-state index contributed by atoms with van der Waals surface area (Å²) < 4.78 is 62.9. The maximum absolute atomic E-state index is 15.8. The van der Waals surface area contributed by atoms with Gasteiger partial charge in [-0.15, -0.1) is 0 Å². The molecule has 4 rings (SSSR count). The van der Waals surface area contributed by atoms with E-state index in [0.29, 0.717) is 27.0 Å². The van der Waals surface area contributed by atoms with Crippen molar-refractivity contribution in [3.63, 3.8) is 0 Å². The molecule has 228 valence electrons. The highest BCUT2D eigenvalue weighted by Crippen LogP contribution is 2.67. The summed E-state index contributed by atoms with van der Waals surface area (Å²) in [6.45, 7) is 7.74. The van der Waals surface area contributed by atoms with Gasteiger partial charge in [-0.3, -0.25) is 9.78 Å². The summed E-state index contributed by atoms with van der Waals surface area (Å²) >= 11 is 0. The Bertz CT molecular complexity index is 1530. The SMILES string of the molecule is COc1ncccc1-c1ccc(/C=C/[C@H]2[C@H](C)C(F)(F)C[C@]3(CC(N)=O)[C@H]2[C@](C)(C(C)(C)C)N(C(=O)O)S3(=O)=O)nc1. The maximum Gasteiger partial charge on any atom is 0.421 e. The molecule has 0 spiro atoms. The minimum absolute atomic E-state index is 0.302. The summed E-state index contributed by atoms with van der Waals surface area (Å²) in [5, 5.41) is 10.2. The summed E-state index contributed by atoms with van der Waals surface area (Å²) in [6.07, 6.45) is 2.18. The maximum atomic E-state index is 15.8. The van der Waals surface area contributed by atoms with Gasteiger partial charge in [0.2, 0.25) is 21.8 Å². The van der Waals surface area contributed by atoms with E-state index in [1.807, 2.05) is 6.07 Å². The number of alkyl halides is 2. The van der Waals surface area contributed by atoms with Crippen LogP contribution in [0, 0.1) is 23.2 Å². The van der Waals surface area contributed by atoms with Gasteiger partial charge >= 0.3 is 6.09 Å². The number of nitrogens with zero attached hydrogens (tertiary/aromatic N) is 3. The van der Waals surface area contributed by atoms with E-state index >= 15 is 8.78 Å². The molecule has 1 aliphatic heterocycles. The van der Waals surface area contributed by atoms with Crippen molar-refractivity contribution in [2.45, 2.75) is 63.7 Å². The zero-order chi connectivity index (χ0) is 31.5. The zero-order valence-corrected chi connectivity index (χ0v) is 25.2. The molecular formula is C29H36F2N4O6S. The summed E-state index contributed by atoms with van der Waals surface area (Å²) in [4.78, 5) is 33.5. The van der Waals surface area contributed by atoms with Gasteiger partial charge in [0.05, 0.1) is 18.3 Å². The highest BCUT2D eigenvalue weighted by molar-refractivity contribution is 7.91. The monoisotopic (exact) mass is 606 g/mol. The lowest BCUT2D eigenvalue weighted by atomic mass is 9.52. The van der Waals surface area contributed by atoms with E-state index in [-0.39, 0.29) is 0 Å². The quantitative estimate of drug-likeness (QED) is 0.475. The number of pyridine rings is 2. The van der Waals surface area contributed by atoms with E-state index in [9.17, 15) is 23.1 Å². The van der Waals surface area contributed by atoms with Crippen LogP contribution < -0.4 is 10.5 Å². The molecule has 2 aromatic heterocycles. The number of hydrogen-bond donors (Lipinski definition) is 2. The Morgan fingerprint density at radius 3 is 2.43 bits per heavy atom. The van der Waals surface area contributed by atoms with Crippen LogP contribution in [0.15, 0.2) is 42.7 Å². The van der Waals surface area contributed by atoms with Gasteiger partial charge in [-0.05, 0) is 42.5 Å². The van der Waals surface area contributed by atoms with Crippen LogP contribution in [0.4, 0.5) is 13.6 Å². The third-order valence-electron chi connectivity index (χ3n) is 9.23. The largest absolute Gasteiger partial charge is 0.481 e. The van der Waals surface area contributed by atoms with Gasteiger partial charge in [0.25, 0.3) is 5.92 Å². The molecule has 42 heavy (non-hydrogen) atoms. The molecule has 2 fully saturated rings. The summed E-state index contributed by atoms with van der Waals surface area (Å²) in [5.41, 5.74) is 4.52. The van der Waals surface area contributed by atoms with Crippen molar-refractivity contribution in [2.24, 2.45) is 28.9 Å². The number of fused-ring (bicyclic) bond motifs is 1. The fourth-order valence-corrected chi connectivity index (χ4v) is 9.71. The second-order valence-corrected chi connectivity index (χ2v) is 14.5. The number of allylic oxidation sites excluding steroid dienone is 1. The third kappa shape index (κ3) is 4.61. The van der Waals surface area contributed by atoms with E-state index in [0.717, 1.165) is 0 Å². The molecule has 2 aliphatic rings. The molecule has 2 amide bonds. The van der Waals surface area contributed by atoms with Gasteiger partial charge in [-0.25, -0.2) is 27.0 Å². The summed E-state index contributed by atoms with van der Waals surface area (Å²) in [7, 11) is -3.51. The topological polar surface area (TPSA) is 153 Å². The van der Waals surface area contributed by atoms with E-state index in [1.54, 1.807) is 51.4 Å². The van der Waals surface area contributed by atoms with Crippen molar-refractivity contribution in [1.82, 2.24) is 14.3 Å². The Hall–Kier alpha value is -3.61. The molecule has 0 unspecified atom stereocenters. The molecule has 1 saturated heterocycles. The number of hydrogen-bond acceptors (Lipinski definition) is 7. The van der Waals surface area contributed by atoms with Gasteiger partial charge in [-0.2, -0.15) is 4.31 Å². The van der Waals surface area contributed by atoms with Crippen molar-refractivity contribution in [2.75, 3.05) is 7.11 Å². The van der Waals surface area contributed by atoms with Crippen LogP contribution in [0.25, 0.3) is 17.2 Å². The van der Waals surface area contributed by atoms with Crippen molar-refractivity contribution in [1.29, 1.82) is 0 Å². The number of halogens is 2. The number of methoxy groups -OCH3 is 1. The predicted octanol–water partition coefficient (Wildman–Crippen LogP) is 4.82. The van der Waals surface area contributed by atoms with E-state index in [1.165, 1.54) is 33.1 Å². The van der Waals surface area contributed by atoms with Crippen LogP contribution in [0.1, 0.15) is 53.2 Å². The average Bonchev–Trinajstić information content (AvgIpc) is 3.03. The van der Waals surface area contributed by atoms with Crippen LogP contribution in [0.5, 0.6) is 5.88 Å². The average molecular weight is 607 g/mol. The Morgan fingerprint density at radius 2 is 1.90 bits per heavy atom. The van der Waals surface area contributed by atoms with Crippen molar-refractivity contribution < 1.29 is 36.6 Å². The van der Waals surface area contributed by atoms with Crippen molar-refractivity contribution in [3.05, 3.63) is 48.4 Å². The first-order chi connectivity index (χ1) is 19.3. The number of carboxylic acid groups (broad SMARTS) is 1. The van der Waals surface area contributed by atoms with Crippen molar-refractivity contribution in [3.8, 4) is 17.0 Å². The molecule has 1 saturated carbocycles. The second-order valence-electron chi connectivity index (χ2n) is 12.3. The first kappa shape index (κ1) is 31.3. The molecule has 13 heteroatoms. The number of aromatic nitrogens is 2. The second kappa shape index (κ2) is 10.3. The van der Waals surface area contributed by atoms with E-state index in [4.69, 9.17) is 10.5 Å². The van der Waals surface area contributed by atoms with Gasteiger partial charge < -0.3 is 15.6 Å². The zero-order valence-electron chi connectivity index (χ0n) is 24.3. The molecule has 0 radical (unpaired) electrons. The minimum atomic E-state index is -5.00. The molecule has 0 bridgehead atoms. The lowest BCUT2D eigenvalue weighted by Gasteiger charge is -2.54. The van der Waals surface area contributed by atoms with Crippen LogP contribution in [0.2, 0.25) is 0 Å². The number of rotatable bonds is 6. The highest BCUT2D eigenvalue weighted by atomic mass is 32.2. The summed E-state index contributed by atoms with van der Waals surface area (Å²) in [6, 6.07) is 6.98. The molecule has 0 aromatic carbocycles. The molecule has 3 N–H and O–H groups in total. The number of carbonyl (C=O) groups is 2. The fraction of sp³-hybridized carbons (Fsp3) is 0.517. The number of carbonyl (C=O) groups excluding carboxylic acids is 1. The van der Waals surface area contributed by atoms with E-state index in [2.05, 4.69) is 9.97 Å². The Labute approximate surface area is 244 Å². The van der Waals surface area contributed by atoms with E-state index < -0.39 is 74.2 Å². The molecule has 3 heterocycles. The first-order valence-electron chi connectivity index (χ1n) is 13.4. The normalized spacial score (nSPS) is 30.2. The smallest absolute Gasteiger partial charge is 0.421 e. The third-order valence-corrected chi connectivity index (χ3v) is 11.8. The Balaban J connectivity index is 1.89. The predicted molar refractivity (Wildman–Crippen MR) is 152 cm³/mol. The molecule has 5 atom stereocenters. The van der Waals surface area contributed by atoms with Crippen LogP contribution in [-0.4, -0.2) is 63.1 Å².